The van der Waals surface area contributed by atoms with Crippen molar-refractivity contribution in [1.29, 1.82) is 0 Å². The zero-order chi connectivity index (χ0) is 22.1. The van der Waals surface area contributed by atoms with Gasteiger partial charge in [-0.2, -0.15) is 9.97 Å². The number of methoxy groups -OCH3 is 1. The normalized spacial score (nSPS) is 14.2. The summed E-state index contributed by atoms with van der Waals surface area (Å²) in [6, 6.07) is 1.37. The Morgan fingerprint density at radius 2 is 1.87 bits per heavy atom. The van der Waals surface area contributed by atoms with Crippen molar-refractivity contribution < 1.29 is 18.3 Å². The number of ether oxygens (including phenoxy) is 2. The third kappa shape index (κ3) is 3.76. The quantitative estimate of drug-likeness (QED) is 0.627. The van der Waals surface area contributed by atoms with Crippen LogP contribution in [-0.4, -0.2) is 59.8 Å². The lowest BCUT2D eigenvalue weighted by Gasteiger charge is -2.29. The van der Waals surface area contributed by atoms with Crippen LogP contribution in [0.2, 0.25) is 0 Å². The predicted molar refractivity (Wildman–Crippen MR) is 112 cm³/mol. The molecular formula is C20H23F2N7O2. The van der Waals surface area contributed by atoms with Gasteiger partial charge in [-0.25, -0.2) is 18.7 Å². The highest BCUT2D eigenvalue weighted by molar-refractivity contribution is 5.96. The molecular weight excluding hydrogens is 408 g/mol. The summed E-state index contributed by atoms with van der Waals surface area (Å²) in [5, 5.41) is 3.57. The van der Waals surface area contributed by atoms with Crippen molar-refractivity contribution in [2.75, 3.05) is 50.5 Å². The van der Waals surface area contributed by atoms with Gasteiger partial charge in [-0.3, -0.25) is 0 Å². The lowest BCUT2D eigenvalue weighted by molar-refractivity contribution is 0.330. The number of nitrogen functional groups attached to an aromatic ring is 1. The first-order chi connectivity index (χ1) is 14.9. The molecule has 0 atom stereocenters. The number of nitrogens with two attached hydrogens (primary N) is 1. The second-order valence-electron chi connectivity index (χ2n) is 7.02. The van der Waals surface area contributed by atoms with Crippen LogP contribution in [0.25, 0.3) is 22.2 Å². The Labute approximate surface area is 177 Å². The van der Waals surface area contributed by atoms with E-state index in [1.807, 2.05) is 4.90 Å². The molecule has 9 nitrogen and oxygen atoms in total. The molecule has 0 saturated carbocycles. The number of aromatic nitrogens is 4. The number of nitrogens with one attached hydrogen (secondary N) is 1. The van der Waals surface area contributed by atoms with Gasteiger partial charge in [-0.1, -0.05) is 0 Å². The van der Waals surface area contributed by atoms with Crippen LogP contribution in [0, 0.1) is 18.6 Å². The number of hydrogen-bond acceptors (Lipinski definition) is 9. The standard InChI is InChI=1S/C20H23F2N7O2/c1-4-31-19-12-16(27-20(30-3)28-18(12)29-7-5-24-6-8-29)14(22)15(26-19)11-9-10(2)25-17(23)13(11)21/h9,24H,4-8H2,1-3H3,(H2,23,25). The van der Waals surface area contributed by atoms with Crippen molar-refractivity contribution in [2.45, 2.75) is 13.8 Å². The van der Waals surface area contributed by atoms with Crippen LogP contribution in [-0.2, 0) is 0 Å². The van der Waals surface area contributed by atoms with E-state index in [4.69, 9.17) is 15.2 Å². The highest BCUT2D eigenvalue weighted by atomic mass is 19.1. The first kappa shape index (κ1) is 20.9. The van der Waals surface area contributed by atoms with Gasteiger partial charge in [0, 0.05) is 37.4 Å². The van der Waals surface area contributed by atoms with Gasteiger partial charge >= 0.3 is 6.01 Å². The number of anilines is 2. The Morgan fingerprint density at radius 1 is 1.13 bits per heavy atom. The number of pyridine rings is 2. The van der Waals surface area contributed by atoms with Gasteiger partial charge in [-0.05, 0) is 19.9 Å². The molecule has 1 saturated heterocycles. The fourth-order valence-corrected chi connectivity index (χ4v) is 3.57. The zero-order valence-electron chi connectivity index (χ0n) is 17.5. The van der Waals surface area contributed by atoms with Crippen molar-refractivity contribution in [3.05, 3.63) is 23.4 Å². The van der Waals surface area contributed by atoms with Gasteiger partial charge < -0.3 is 25.4 Å². The van der Waals surface area contributed by atoms with Gasteiger partial charge in [0.2, 0.25) is 5.88 Å². The fraction of sp³-hybridized carbons (Fsp3) is 0.400. The summed E-state index contributed by atoms with van der Waals surface area (Å²) in [6.07, 6.45) is 0. The number of fused-ring (bicyclic) bond motifs is 1. The number of aryl methyl sites for hydroxylation is 1. The molecule has 11 heteroatoms. The molecule has 31 heavy (non-hydrogen) atoms. The maximum atomic E-state index is 15.8. The van der Waals surface area contributed by atoms with Crippen molar-refractivity contribution in [3.8, 4) is 23.1 Å². The summed E-state index contributed by atoms with van der Waals surface area (Å²) in [7, 11) is 1.40. The van der Waals surface area contributed by atoms with Crippen LogP contribution in [0.1, 0.15) is 12.6 Å². The van der Waals surface area contributed by atoms with Gasteiger partial charge in [0.05, 0.1) is 13.7 Å². The highest BCUT2D eigenvalue weighted by Crippen LogP contribution is 2.39. The number of hydrogen-bond donors (Lipinski definition) is 2. The van der Waals surface area contributed by atoms with Crippen molar-refractivity contribution in [2.24, 2.45) is 0 Å². The average molecular weight is 431 g/mol. The first-order valence-corrected chi connectivity index (χ1v) is 9.91. The molecule has 0 radical (unpaired) electrons. The number of rotatable bonds is 5. The van der Waals surface area contributed by atoms with E-state index in [9.17, 15) is 4.39 Å². The molecule has 3 N–H and O–H groups in total. The summed E-state index contributed by atoms with van der Waals surface area (Å²) >= 11 is 0. The van der Waals surface area contributed by atoms with Crippen LogP contribution in [0.4, 0.5) is 20.4 Å². The Kier molecular flexibility index (Phi) is 5.68. The zero-order valence-corrected chi connectivity index (χ0v) is 17.5. The minimum atomic E-state index is -0.859. The summed E-state index contributed by atoms with van der Waals surface area (Å²) in [6.45, 7) is 6.47. The Morgan fingerprint density at radius 3 is 2.55 bits per heavy atom. The van der Waals surface area contributed by atoms with Crippen molar-refractivity contribution in [1.82, 2.24) is 25.3 Å². The first-order valence-electron chi connectivity index (χ1n) is 9.91. The van der Waals surface area contributed by atoms with Crippen LogP contribution in [0.3, 0.4) is 0 Å². The molecule has 0 unspecified atom stereocenters. The maximum Gasteiger partial charge on any atom is 0.318 e. The minimum Gasteiger partial charge on any atom is -0.477 e. The molecule has 0 aliphatic carbocycles. The second-order valence-corrected chi connectivity index (χ2v) is 7.02. The van der Waals surface area contributed by atoms with Crippen LogP contribution in [0.5, 0.6) is 11.9 Å². The van der Waals surface area contributed by atoms with E-state index in [1.165, 1.54) is 13.2 Å². The molecule has 0 spiro atoms. The van der Waals surface area contributed by atoms with Gasteiger partial charge in [0.1, 0.15) is 22.4 Å². The Bertz CT molecular complexity index is 1140. The molecule has 1 aliphatic heterocycles. The van der Waals surface area contributed by atoms with Gasteiger partial charge in [0.15, 0.2) is 17.5 Å². The van der Waals surface area contributed by atoms with Crippen LogP contribution >= 0.6 is 0 Å². The lowest BCUT2D eigenvalue weighted by atomic mass is 10.1. The SMILES string of the molecule is CCOc1nc(-c2cc(C)nc(N)c2F)c(F)c2nc(OC)nc(N3CCNCC3)c12. The third-order valence-corrected chi connectivity index (χ3v) is 4.96. The molecule has 0 amide bonds. The predicted octanol–water partition coefficient (Wildman–Crippen LogP) is 2.07. The summed E-state index contributed by atoms with van der Waals surface area (Å²) in [5.41, 5.74) is 5.63. The van der Waals surface area contributed by atoms with Gasteiger partial charge in [0.25, 0.3) is 0 Å². The van der Waals surface area contributed by atoms with Gasteiger partial charge in [-0.15, -0.1) is 0 Å². The Balaban J connectivity index is 2.05. The van der Waals surface area contributed by atoms with E-state index >= 15 is 4.39 Å². The van der Waals surface area contributed by atoms with Crippen molar-refractivity contribution in [3.63, 3.8) is 0 Å². The molecule has 4 heterocycles. The summed E-state index contributed by atoms with van der Waals surface area (Å²) < 4.78 is 41.5. The molecule has 4 rings (SSSR count). The Hall–Kier alpha value is -3.34. The molecule has 1 aliphatic rings. The molecule has 3 aromatic heterocycles. The second kappa shape index (κ2) is 8.42. The van der Waals surface area contributed by atoms with Crippen molar-refractivity contribution >= 4 is 22.5 Å². The van der Waals surface area contributed by atoms with E-state index in [-0.39, 0.29) is 41.1 Å². The summed E-state index contributed by atoms with van der Waals surface area (Å²) in [4.78, 5) is 18.9. The van der Waals surface area contributed by atoms with E-state index in [2.05, 4.69) is 25.3 Å². The van der Waals surface area contributed by atoms with Crippen LogP contribution < -0.4 is 25.4 Å². The van der Waals surface area contributed by atoms with E-state index in [1.54, 1.807) is 13.8 Å². The lowest BCUT2D eigenvalue weighted by Crippen LogP contribution is -2.44. The smallest absolute Gasteiger partial charge is 0.318 e. The van der Waals surface area contributed by atoms with Crippen LogP contribution in [0.15, 0.2) is 6.07 Å². The molecule has 0 bridgehead atoms. The maximum absolute atomic E-state index is 15.8. The highest BCUT2D eigenvalue weighted by Gasteiger charge is 2.27. The topological polar surface area (TPSA) is 111 Å². The minimum absolute atomic E-state index is 0.00886. The van der Waals surface area contributed by atoms with E-state index in [0.29, 0.717) is 30.0 Å². The fourth-order valence-electron chi connectivity index (χ4n) is 3.57. The average Bonchev–Trinajstić information content (AvgIpc) is 2.78. The monoisotopic (exact) mass is 431 g/mol. The van der Waals surface area contributed by atoms with E-state index < -0.39 is 11.6 Å². The summed E-state index contributed by atoms with van der Waals surface area (Å²) in [5.74, 6) is -1.45. The number of nitrogens with zero attached hydrogens (tertiary/aromatic N) is 5. The molecule has 3 aromatic rings. The number of halogens is 2. The molecule has 164 valence electrons. The number of piperazine rings is 1. The third-order valence-electron chi connectivity index (χ3n) is 4.96. The van der Waals surface area contributed by atoms with E-state index in [0.717, 1.165) is 13.1 Å². The molecule has 1 fully saturated rings. The molecule has 0 aromatic carbocycles. The largest absolute Gasteiger partial charge is 0.477 e.